The largest absolute Gasteiger partial charge is 0.506 e. The van der Waals surface area contributed by atoms with Gasteiger partial charge in [0.25, 0.3) is 11.8 Å². The van der Waals surface area contributed by atoms with Crippen molar-refractivity contribution in [1.29, 1.82) is 0 Å². The Morgan fingerprint density at radius 3 is 2.58 bits per heavy atom. The number of pyridine rings is 1. The zero-order chi connectivity index (χ0) is 35.1. The molecule has 0 radical (unpaired) electrons. The Morgan fingerprint density at radius 1 is 1.02 bits per heavy atom. The molecule has 0 aliphatic carbocycles. The first kappa shape index (κ1) is 31.3. The van der Waals surface area contributed by atoms with Gasteiger partial charge in [-0.05, 0) is 42.0 Å². The number of aromatic amines is 3. The van der Waals surface area contributed by atoms with Crippen LogP contribution in [0.4, 0.5) is 24.5 Å². The number of carbonyl (C=O) groups is 3. The summed E-state index contributed by atoms with van der Waals surface area (Å²) in [6, 6.07) is 17.2. The van der Waals surface area contributed by atoms with Crippen molar-refractivity contribution < 1.29 is 37.4 Å². The van der Waals surface area contributed by atoms with Crippen LogP contribution < -0.4 is 10.2 Å². The van der Waals surface area contributed by atoms with Crippen molar-refractivity contribution in [2.45, 2.75) is 12.1 Å². The van der Waals surface area contributed by atoms with E-state index >= 15 is 0 Å². The van der Waals surface area contributed by atoms with Crippen molar-refractivity contribution in [2.75, 3.05) is 29.8 Å². The highest BCUT2D eigenvalue weighted by Gasteiger charge is 2.43. The number of para-hydroxylation sites is 1. The molecule has 1 unspecified atom stereocenters. The SMILES string of the molecule is COC(=O)c1c(C(F)(F)F)[nH]c2c(O)cc3c(c12)C(CCl)CN3C(=O)c1cc2cc(NC(=O)c3cc4c(cn3)[nH]c3ccccc34)ccc2[nH]1. The van der Waals surface area contributed by atoms with Crippen molar-refractivity contribution in [3.8, 4) is 5.75 Å². The highest BCUT2D eigenvalue weighted by molar-refractivity contribution is 6.20. The summed E-state index contributed by atoms with van der Waals surface area (Å²) in [5.41, 5.74) is 0.903. The van der Waals surface area contributed by atoms with E-state index in [0.717, 1.165) is 28.9 Å². The van der Waals surface area contributed by atoms with Gasteiger partial charge < -0.3 is 35.0 Å². The fourth-order valence-corrected chi connectivity index (χ4v) is 7.04. The van der Waals surface area contributed by atoms with Gasteiger partial charge >= 0.3 is 12.1 Å². The number of nitrogens with one attached hydrogen (secondary N) is 4. The highest BCUT2D eigenvalue weighted by atomic mass is 35.5. The van der Waals surface area contributed by atoms with Gasteiger partial charge in [-0.2, -0.15) is 13.2 Å². The summed E-state index contributed by atoms with van der Waals surface area (Å²) < 4.78 is 46.7. The van der Waals surface area contributed by atoms with E-state index in [1.807, 2.05) is 24.3 Å². The predicted octanol–water partition coefficient (Wildman–Crippen LogP) is 7.42. The van der Waals surface area contributed by atoms with Crippen LogP contribution in [0.1, 0.15) is 48.5 Å². The van der Waals surface area contributed by atoms with E-state index in [2.05, 4.69) is 30.0 Å². The van der Waals surface area contributed by atoms with Crippen molar-refractivity contribution >= 4 is 84.4 Å². The van der Waals surface area contributed by atoms with E-state index in [0.29, 0.717) is 16.6 Å². The summed E-state index contributed by atoms with van der Waals surface area (Å²) in [7, 11) is 0.951. The lowest BCUT2D eigenvalue weighted by Crippen LogP contribution is -2.30. The third-order valence-corrected chi connectivity index (χ3v) is 9.39. The minimum Gasteiger partial charge on any atom is -0.506 e. The maximum atomic E-state index is 14.0. The maximum absolute atomic E-state index is 14.0. The number of amides is 2. The second-order valence-electron chi connectivity index (χ2n) is 11.9. The fraction of sp³-hybridized carbons (Fsp3) is 0.143. The van der Waals surface area contributed by atoms with Crippen LogP contribution in [0.5, 0.6) is 5.75 Å². The molecule has 252 valence electrons. The van der Waals surface area contributed by atoms with Gasteiger partial charge in [0.1, 0.15) is 22.8 Å². The Hall–Kier alpha value is -6.02. The summed E-state index contributed by atoms with van der Waals surface area (Å²) in [6.07, 6.45) is -3.37. The number of halogens is 4. The van der Waals surface area contributed by atoms with Gasteiger partial charge in [-0.1, -0.05) is 18.2 Å². The lowest BCUT2D eigenvalue weighted by atomic mass is 9.95. The molecule has 50 heavy (non-hydrogen) atoms. The predicted molar refractivity (Wildman–Crippen MR) is 181 cm³/mol. The highest BCUT2D eigenvalue weighted by Crippen LogP contribution is 2.49. The number of esters is 1. The van der Waals surface area contributed by atoms with Crippen LogP contribution in [-0.4, -0.2) is 62.4 Å². The molecule has 0 fully saturated rings. The molecule has 3 aromatic carbocycles. The van der Waals surface area contributed by atoms with Gasteiger partial charge in [0, 0.05) is 62.7 Å². The number of rotatable bonds is 5. The molecule has 11 nitrogen and oxygen atoms in total. The lowest BCUT2D eigenvalue weighted by molar-refractivity contribution is -0.141. The number of aromatic nitrogens is 4. The Bertz CT molecular complexity index is 2570. The Labute approximate surface area is 284 Å². The number of carbonyl (C=O) groups excluding carboxylic acids is 3. The minimum absolute atomic E-state index is 0.0339. The fourth-order valence-electron chi connectivity index (χ4n) is 6.79. The number of ether oxygens (including phenoxy) is 1. The molecule has 1 atom stereocenters. The van der Waals surface area contributed by atoms with Crippen LogP contribution in [0.2, 0.25) is 0 Å². The van der Waals surface area contributed by atoms with Crippen molar-refractivity contribution in [2.24, 2.45) is 0 Å². The summed E-state index contributed by atoms with van der Waals surface area (Å²) in [6.45, 7) is -0.0339. The normalized spacial score (nSPS) is 14.6. The number of phenols is 1. The number of phenolic OH excluding ortho intramolecular Hbond substituents is 1. The molecule has 5 N–H and O–H groups in total. The Balaban J connectivity index is 1.12. The monoisotopic (exact) mass is 700 g/mol. The standard InChI is InChI=1S/C35H24ClF3N6O5/c1-50-34(49)29-28-27-16(12-36)14-45(25(27)11-26(46)30(28)44-31(29)35(37,38)39)33(48)23-9-15-8-17(6-7-20(15)42-23)41-32(47)22-10-19-18-4-2-3-5-21(18)43-24(19)13-40-22/h2-11,13,16,42-44,46H,12,14H2,1H3,(H,41,47). The molecule has 0 bridgehead atoms. The molecule has 1 aliphatic heterocycles. The number of hydrogen-bond acceptors (Lipinski definition) is 6. The molecule has 0 saturated carbocycles. The van der Waals surface area contributed by atoms with Gasteiger partial charge in [0.05, 0.1) is 35.6 Å². The average molecular weight is 701 g/mol. The third kappa shape index (κ3) is 4.82. The third-order valence-electron chi connectivity index (χ3n) is 9.01. The first-order valence-corrected chi connectivity index (χ1v) is 15.8. The molecular formula is C35H24ClF3N6O5. The summed E-state index contributed by atoms with van der Waals surface area (Å²) in [4.78, 5) is 53.9. The molecule has 15 heteroatoms. The first-order valence-electron chi connectivity index (χ1n) is 15.2. The van der Waals surface area contributed by atoms with Gasteiger partial charge in [0.15, 0.2) is 0 Å². The number of H-pyrrole nitrogens is 3. The van der Waals surface area contributed by atoms with Gasteiger partial charge in [-0.3, -0.25) is 9.59 Å². The van der Waals surface area contributed by atoms with Crippen LogP contribution in [-0.2, 0) is 10.9 Å². The Morgan fingerprint density at radius 2 is 1.82 bits per heavy atom. The van der Waals surface area contributed by atoms with E-state index in [1.165, 1.54) is 11.0 Å². The van der Waals surface area contributed by atoms with E-state index in [9.17, 15) is 32.7 Å². The number of fused-ring (bicyclic) bond motifs is 7. The van der Waals surface area contributed by atoms with Crippen LogP contribution in [0.15, 0.2) is 66.9 Å². The van der Waals surface area contributed by atoms with Crippen molar-refractivity contribution in [3.63, 3.8) is 0 Å². The molecular weight excluding hydrogens is 677 g/mol. The summed E-state index contributed by atoms with van der Waals surface area (Å²) in [5, 5.41) is 15.9. The molecule has 0 saturated heterocycles. The molecule has 0 spiro atoms. The number of aromatic hydroxyl groups is 1. The number of hydrogen-bond donors (Lipinski definition) is 5. The molecule has 1 aliphatic rings. The van der Waals surface area contributed by atoms with E-state index < -0.39 is 46.9 Å². The second kappa shape index (κ2) is 11.3. The minimum atomic E-state index is -4.98. The maximum Gasteiger partial charge on any atom is 0.432 e. The molecule has 8 rings (SSSR count). The second-order valence-corrected chi connectivity index (χ2v) is 12.2. The van der Waals surface area contributed by atoms with E-state index in [4.69, 9.17) is 11.6 Å². The van der Waals surface area contributed by atoms with E-state index in [1.54, 1.807) is 36.5 Å². The number of alkyl halides is 4. The van der Waals surface area contributed by atoms with Crippen LogP contribution in [0.3, 0.4) is 0 Å². The smallest absolute Gasteiger partial charge is 0.432 e. The van der Waals surface area contributed by atoms with Crippen molar-refractivity contribution in [1.82, 2.24) is 19.9 Å². The summed E-state index contributed by atoms with van der Waals surface area (Å²) >= 11 is 6.27. The molecule has 4 aromatic heterocycles. The van der Waals surface area contributed by atoms with Crippen LogP contribution >= 0.6 is 11.6 Å². The summed E-state index contributed by atoms with van der Waals surface area (Å²) in [5.74, 6) is -3.61. The van der Waals surface area contributed by atoms with Gasteiger partial charge in [-0.25, -0.2) is 9.78 Å². The number of nitrogens with zero attached hydrogens (tertiary/aromatic N) is 2. The van der Waals surface area contributed by atoms with Crippen LogP contribution in [0.25, 0.3) is 43.6 Å². The van der Waals surface area contributed by atoms with E-state index in [-0.39, 0.29) is 46.0 Å². The van der Waals surface area contributed by atoms with Gasteiger partial charge in [-0.15, -0.1) is 11.6 Å². The number of benzene rings is 3. The average Bonchev–Trinajstić information content (AvgIpc) is 3.88. The Kier molecular flexibility index (Phi) is 7.05. The number of anilines is 2. The molecule has 2 amide bonds. The molecule has 7 aromatic rings. The molecule has 5 heterocycles. The van der Waals surface area contributed by atoms with Crippen LogP contribution in [0, 0.1) is 0 Å². The van der Waals surface area contributed by atoms with Gasteiger partial charge in [0.2, 0.25) is 0 Å². The number of methoxy groups -OCH3 is 1. The quantitative estimate of drug-likeness (QED) is 0.0929. The zero-order valence-electron chi connectivity index (χ0n) is 25.8. The lowest BCUT2D eigenvalue weighted by Gasteiger charge is -2.17. The zero-order valence-corrected chi connectivity index (χ0v) is 26.6. The van der Waals surface area contributed by atoms with Crippen molar-refractivity contribution in [3.05, 3.63) is 95.1 Å². The topological polar surface area (TPSA) is 156 Å². The first-order chi connectivity index (χ1) is 24.0.